The highest BCUT2D eigenvalue weighted by atomic mass is 16.5. The van der Waals surface area contributed by atoms with Crippen molar-refractivity contribution >= 4 is 17.7 Å². The third kappa shape index (κ3) is 4.92. The Bertz CT molecular complexity index is 1060. The van der Waals surface area contributed by atoms with Crippen molar-refractivity contribution in [1.29, 1.82) is 0 Å². The van der Waals surface area contributed by atoms with Crippen molar-refractivity contribution in [3.05, 3.63) is 48.3 Å². The van der Waals surface area contributed by atoms with Gasteiger partial charge in [-0.15, -0.1) is 0 Å². The first-order valence-electron chi connectivity index (χ1n) is 13.7. The van der Waals surface area contributed by atoms with Crippen molar-refractivity contribution in [3.63, 3.8) is 0 Å². The van der Waals surface area contributed by atoms with E-state index < -0.39 is 0 Å². The second-order valence-corrected chi connectivity index (χ2v) is 11.1. The molecule has 4 fully saturated rings. The van der Waals surface area contributed by atoms with Gasteiger partial charge in [0.05, 0.1) is 50.0 Å². The molecule has 0 bridgehead atoms. The third-order valence-electron chi connectivity index (χ3n) is 8.87. The fraction of sp³-hybridized carbons (Fsp3) is 0.607. The van der Waals surface area contributed by atoms with Crippen molar-refractivity contribution in [2.24, 2.45) is 5.92 Å². The SMILES string of the molecule is CC(NC1(c2ccccc2)CCC2(CC1)CN(c1cnc(N3CCOCC3)nc1)C(=O)N2)C1CCOC1. The maximum Gasteiger partial charge on any atom is 0.322 e. The fourth-order valence-corrected chi connectivity index (χ4v) is 6.51. The van der Waals surface area contributed by atoms with Crippen molar-refractivity contribution in [2.75, 3.05) is 55.9 Å². The third-order valence-corrected chi connectivity index (χ3v) is 8.87. The van der Waals surface area contributed by atoms with Crippen LogP contribution in [-0.2, 0) is 15.0 Å². The summed E-state index contributed by atoms with van der Waals surface area (Å²) in [4.78, 5) is 26.2. The lowest BCUT2D eigenvalue weighted by atomic mass is 9.69. The minimum atomic E-state index is -0.236. The molecule has 4 aliphatic rings. The number of carbonyl (C=O) groups excluding carboxylic acids is 1. The highest BCUT2D eigenvalue weighted by molar-refractivity contribution is 5.95. The lowest BCUT2D eigenvalue weighted by Crippen LogP contribution is -2.57. The maximum atomic E-state index is 13.1. The summed E-state index contributed by atoms with van der Waals surface area (Å²) in [5, 5.41) is 7.40. The van der Waals surface area contributed by atoms with E-state index in [0.29, 0.717) is 37.7 Å². The number of carbonyl (C=O) groups is 1. The van der Waals surface area contributed by atoms with Crippen LogP contribution in [0.25, 0.3) is 0 Å². The van der Waals surface area contributed by atoms with Crippen molar-refractivity contribution in [1.82, 2.24) is 20.6 Å². The van der Waals surface area contributed by atoms with E-state index in [1.165, 1.54) is 5.56 Å². The molecular formula is C28H38N6O3. The van der Waals surface area contributed by atoms with E-state index in [9.17, 15) is 4.79 Å². The van der Waals surface area contributed by atoms with Crippen LogP contribution in [0.1, 0.15) is 44.6 Å². The predicted molar refractivity (Wildman–Crippen MR) is 142 cm³/mol. The minimum Gasteiger partial charge on any atom is -0.381 e. The van der Waals surface area contributed by atoms with Crippen molar-refractivity contribution < 1.29 is 14.3 Å². The summed E-state index contributed by atoms with van der Waals surface area (Å²) in [6, 6.07) is 11.1. The normalized spacial score (nSPS) is 31.1. The number of morpholine rings is 1. The molecule has 2 amide bonds. The van der Waals surface area contributed by atoms with Gasteiger partial charge in [0, 0.05) is 31.3 Å². The number of urea groups is 1. The van der Waals surface area contributed by atoms with Crippen LogP contribution in [0, 0.1) is 5.92 Å². The molecule has 1 aromatic heterocycles. The zero-order chi connectivity index (χ0) is 25.3. The zero-order valence-electron chi connectivity index (χ0n) is 21.7. The quantitative estimate of drug-likeness (QED) is 0.622. The summed E-state index contributed by atoms with van der Waals surface area (Å²) in [6.07, 6.45) is 8.43. The van der Waals surface area contributed by atoms with E-state index in [1.54, 1.807) is 12.4 Å². The molecule has 0 radical (unpaired) electrons. The van der Waals surface area contributed by atoms with Gasteiger partial charge in [-0.2, -0.15) is 0 Å². The molecule has 4 heterocycles. The first-order valence-corrected chi connectivity index (χ1v) is 13.7. The Labute approximate surface area is 218 Å². The van der Waals surface area contributed by atoms with Gasteiger partial charge in [0.15, 0.2) is 0 Å². The van der Waals surface area contributed by atoms with Crippen LogP contribution in [0.15, 0.2) is 42.7 Å². The number of nitrogens with one attached hydrogen (secondary N) is 2. The second-order valence-electron chi connectivity index (χ2n) is 11.1. The molecule has 9 heteroatoms. The Balaban J connectivity index is 1.16. The number of rotatable bonds is 6. The largest absolute Gasteiger partial charge is 0.381 e. The Hall–Kier alpha value is -2.75. The topological polar surface area (TPSA) is 91.9 Å². The lowest BCUT2D eigenvalue weighted by Gasteiger charge is -2.47. The molecule has 1 aliphatic carbocycles. The Morgan fingerprint density at radius 2 is 1.76 bits per heavy atom. The van der Waals surface area contributed by atoms with Crippen LogP contribution in [0.4, 0.5) is 16.4 Å². The Morgan fingerprint density at radius 3 is 2.43 bits per heavy atom. The summed E-state index contributed by atoms with van der Waals surface area (Å²) in [6.45, 7) is 7.59. The van der Waals surface area contributed by atoms with Crippen LogP contribution in [-0.4, -0.2) is 73.6 Å². The first kappa shape index (κ1) is 24.6. The summed E-state index contributed by atoms with van der Waals surface area (Å²) < 4.78 is 11.1. The van der Waals surface area contributed by atoms with Crippen LogP contribution in [0.2, 0.25) is 0 Å². The average Bonchev–Trinajstić information content (AvgIpc) is 3.60. The van der Waals surface area contributed by atoms with Gasteiger partial charge >= 0.3 is 6.03 Å². The van der Waals surface area contributed by atoms with Gasteiger partial charge in [0.1, 0.15) is 0 Å². The standard InChI is InChI=1S/C28H38N6O3/c1-21(22-7-14-37-19-22)31-28(23-5-3-2-4-6-23)10-8-27(9-11-28)20-34(26(35)32-27)24-17-29-25(30-18-24)33-12-15-36-16-13-33/h2-6,17-18,21-22,31H,7-16,19-20H2,1H3,(H,32,35). The maximum absolute atomic E-state index is 13.1. The van der Waals surface area contributed by atoms with E-state index >= 15 is 0 Å². The highest BCUT2D eigenvalue weighted by Crippen LogP contribution is 2.44. The molecule has 2 unspecified atom stereocenters. The zero-order valence-corrected chi connectivity index (χ0v) is 21.7. The van der Waals surface area contributed by atoms with E-state index in [4.69, 9.17) is 9.47 Å². The lowest BCUT2D eigenvalue weighted by molar-refractivity contribution is 0.122. The molecule has 37 heavy (non-hydrogen) atoms. The van der Waals surface area contributed by atoms with Crippen LogP contribution in [0.5, 0.6) is 0 Å². The van der Waals surface area contributed by atoms with Crippen LogP contribution in [0.3, 0.4) is 0 Å². The van der Waals surface area contributed by atoms with Crippen molar-refractivity contribution in [2.45, 2.75) is 56.1 Å². The molecule has 3 aliphatic heterocycles. The number of benzene rings is 1. The first-order chi connectivity index (χ1) is 18.1. The van der Waals surface area contributed by atoms with E-state index in [1.807, 2.05) is 4.90 Å². The monoisotopic (exact) mass is 506 g/mol. The molecule has 198 valence electrons. The fourth-order valence-electron chi connectivity index (χ4n) is 6.51. The molecule has 1 aromatic carbocycles. The van der Waals surface area contributed by atoms with Gasteiger partial charge in [0.25, 0.3) is 0 Å². The number of nitrogens with zero attached hydrogens (tertiary/aromatic N) is 4. The van der Waals surface area contributed by atoms with E-state index in [0.717, 1.165) is 64.1 Å². The molecule has 2 atom stereocenters. The minimum absolute atomic E-state index is 0.0561. The molecule has 2 aromatic rings. The smallest absolute Gasteiger partial charge is 0.322 e. The number of hydrogen-bond acceptors (Lipinski definition) is 7. The Kier molecular flexibility index (Phi) is 6.77. The molecule has 3 saturated heterocycles. The van der Waals surface area contributed by atoms with Crippen molar-refractivity contribution in [3.8, 4) is 0 Å². The number of aromatic nitrogens is 2. The van der Waals surface area contributed by atoms with Gasteiger partial charge in [-0.05, 0) is 50.5 Å². The highest BCUT2D eigenvalue weighted by Gasteiger charge is 2.50. The number of anilines is 2. The number of amides is 2. The second kappa shape index (κ2) is 10.2. The van der Waals surface area contributed by atoms with Gasteiger partial charge in [0.2, 0.25) is 5.95 Å². The summed E-state index contributed by atoms with van der Waals surface area (Å²) in [5.74, 6) is 1.23. The molecule has 9 nitrogen and oxygen atoms in total. The van der Waals surface area contributed by atoms with Gasteiger partial charge in [-0.25, -0.2) is 14.8 Å². The van der Waals surface area contributed by atoms with E-state index in [2.05, 4.69) is 62.8 Å². The van der Waals surface area contributed by atoms with Gasteiger partial charge in [-0.3, -0.25) is 4.90 Å². The molecule has 1 saturated carbocycles. The van der Waals surface area contributed by atoms with Gasteiger partial charge < -0.3 is 25.0 Å². The number of hydrogen-bond donors (Lipinski definition) is 2. The molecular weight excluding hydrogens is 468 g/mol. The Morgan fingerprint density at radius 1 is 1.03 bits per heavy atom. The molecule has 6 rings (SSSR count). The predicted octanol–water partition coefficient (Wildman–Crippen LogP) is 3.07. The molecule has 1 spiro atoms. The number of ether oxygens (including phenoxy) is 2. The summed E-state index contributed by atoms with van der Waals surface area (Å²) in [5.41, 5.74) is 1.75. The van der Waals surface area contributed by atoms with Crippen LogP contribution >= 0.6 is 0 Å². The van der Waals surface area contributed by atoms with Crippen LogP contribution < -0.4 is 20.4 Å². The molecule has 2 N–H and O–H groups in total. The summed E-state index contributed by atoms with van der Waals surface area (Å²) >= 11 is 0. The summed E-state index contributed by atoms with van der Waals surface area (Å²) in [7, 11) is 0. The van der Waals surface area contributed by atoms with E-state index in [-0.39, 0.29) is 17.1 Å². The average molecular weight is 507 g/mol. The van der Waals surface area contributed by atoms with Gasteiger partial charge in [-0.1, -0.05) is 30.3 Å².